The lowest BCUT2D eigenvalue weighted by molar-refractivity contribution is 0.275. The predicted octanol–water partition coefficient (Wildman–Crippen LogP) is 2.43. The summed E-state index contributed by atoms with van der Waals surface area (Å²) in [4.78, 5) is 12.9. The number of aliphatic hydroxyl groups excluding tert-OH is 1. The van der Waals surface area contributed by atoms with Crippen LogP contribution in [0.1, 0.15) is 30.7 Å². The number of hydrogen-bond donors (Lipinski definition) is 3. The fourth-order valence-electron chi connectivity index (χ4n) is 3.03. The van der Waals surface area contributed by atoms with E-state index in [1.54, 1.807) is 16.8 Å². The molecule has 0 saturated carbocycles. The van der Waals surface area contributed by atoms with Gasteiger partial charge in [-0.2, -0.15) is 4.98 Å². The molecule has 4 rings (SSSR count). The van der Waals surface area contributed by atoms with Crippen molar-refractivity contribution < 1.29 is 9.50 Å². The summed E-state index contributed by atoms with van der Waals surface area (Å²) < 4.78 is 16.1. The molecule has 134 valence electrons. The van der Waals surface area contributed by atoms with Gasteiger partial charge in [0.05, 0.1) is 18.5 Å². The molecule has 0 aromatic carbocycles. The molecule has 1 aliphatic heterocycles. The Morgan fingerprint density at radius 3 is 2.96 bits per heavy atom. The summed E-state index contributed by atoms with van der Waals surface area (Å²) in [5, 5.41) is 15.8. The Kier molecular flexibility index (Phi) is 4.04. The van der Waals surface area contributed by atoms with Gasteiger partial charge in [0.25, 0.3) is 0 Å². The van der Waals surface area contributed by atoms with Crippen LogP contribution >= 0.6 is 0 Å². The Labute approximate surface area is 149 Å². The first-order valence-electron chi connectivity index (χ1n) is 8.41. The van der Waals surface area contributed by atoms with Crippen LogP contribution < -0.4 is 10.6 Å². The fourth-order valence-corrected chi connectivity index (χ4v) is 3.03. The van der Waals surface area contributed by atoms with Crippen LogP contribution in [0.15, 0.2) is 30.7 Å². The van der Waals surface area contributed by atoms with E-state index in [0.29, 0.717) is 29.6 Å². The second kappa shape index (κ2) is 6.38. The molecule has 4 heterocycles. The van der Waals surface area contributed by atoms with Gasteiger partial charge in [-0.15, -0.1) is 0 Å². The highest BCUT2D eigenvalue weighted by Gasteiger charge is 2.19. The van der Waals surface area contributed by atoms with E-state index in [0.717, 1.165) is 11.1 Å². The number of hydrogen-bond acceptors (Lipinski definition) is 6. The maximum absolute atomic E-state index is 14.5. The van der Waals surface area contributed by atoms with Crippen molar-refractivity contribution >= 4 is 23.0 Å². The van der Waals surface area contributed by atoms with E-state index in [1.807, 2.05) is 19.9 Å². The van der Waals surface area contributed by atoms with E-state index in [1.165, 1.54) is 12.3 Å². The van der Waals surface area contributed by atoms with Gasteiger partial charge in [0.15, 0.2) is 11.5 Å². The lowest BCUT2D eigenvalue weighted by atomic mass is 9.98. The third-order valence-electron chi connectivity index (χ3n) is 4.18. The Balaban J connectivity index is 1.80. The lowest BCUT2D eigenvalue weighted by Gasteiger charge is -2.20. The molecule has 7 nitrogen and oxygen atoms in total. The predicted molar refractivity (Wildman–Crippen MR) is 97.4 cm³/mol. The molecule has 0 atom stereocenters. The standard InChI is InChI=1S/C18H19FN6O/c1-10(2)23-18-22-7-14-13(3-4-20-16(14)24-18)11-5-15(19)17-21-6-12(9-26)25(17)8-11/h3,5-8,10,26H,4,9H2,1-2H3,(H2,20,22,23,24). The first-order chi connectivity index (χ1) is 12.6. The minimum absolute atomic E-state index is 0.195. The molecule has 0 fully saturated rings. The highest BCUT2D eigenvalue weighted by atomic mass is 19.1. The van der Waals surface area contributed by atoms with E-state index in [9.17, 15) is 9.50 Å². The van der Waals surface area contributed by atoms with Crippen LogP contribution in [0.4, 0.5) is 16.2 Å². The summed E-state index contributed by atoms with van der Waals surface area (Å²) in [6.07, 6.45) is 6.95. The van der Waals surface area contributed by atoms with Gasteiger partial charge in [0, 0.05) is 36.1 Å². The zero-order valence-electron chi connectivity index (χ0n) is 14.5. The fraction of sp³-hybridized carbons (Fsp3) is 0.278. The van der Waals surface area contributed by atoms with Crippen LogP contribution in [0.2, 0.25) is 0 Å². The average molecular weight is 354 g/mol. The Hall–Kier alpha value is -3.00. The first kappa shape index (κ1) is 16.5. The van der Waals surface area contributed by atoms with E-state index < -0.39 is 5.82 Å². The van der Waals surface area contributed by atoms with Crippen LogP contribution in [0, 0.1) is 5.82 Å². The molecule has 3 aromatic heterocycles. The minimum atomic E-state index is -0.442. The van der Waals surface area contributed by atoms with Crippen molar-refractivity contribution in [1.29, 1.82) is 0 Å². The maximum atomic E-state index is 14.5. The second-order valence-electron chi connectivity index (χ2n) is 6.43. The molecule has 0 saturated heterocycles. The number of aliphatic hydroxyl groups is 1. The van der Waals surface area contributed by atoms with E-state index in [-0.39, 0.29) is 18.3 Å². The monoisotopic (exact) mass is 354 g/mol. The van der Waals surface area contributed by atoms with Gasteiger partial charge in [-0.25, -0.2) is 14.4 Å². The molecular weight excluding hydrogens is 335 g/mol. The molecule has 0 spiro atoms. The highest BCUT2D eigenvalue weighted by Crippen LogP contribution is 2.32. The van der Waals surface area contributed by atoms with Crippen molar-refractivity contribution in [3.05, 3.63) is 53.4 Å². The molecule has 0 aliphatic carbocycles. The quantitative estimate of drug-likeness (QED) is 0.667. The minimum Gasteiger partial charge on any atom is -0.390 e. The SMILES string of the molecule is CC(C)Nc1ncc2c(n1)NCC=C2c1cc(F)c2ncc(CO)n2c1. The summed E-state index contributed by atoms with van der Waals surface area (Å²) in [5.41, 5.74) is 3.05. The van der Waals surface area contributed by atoms with Crippen molar-refractivity contribution in [3.8, 4) is 0 Å². The largest absolute Gasteiger partial charge is 0.390 e. The van der Waals surface area contributed by atoms with Crippen molar-refractivity contribution in [2.45, 2.75) is 26.5 Å². The van der Waals surface area contributed by atoms with Gasteiger partial charge >= 0.3 is 0 Å². The Bertz CT molecular complexity index is 1010. The van der Waals surface area contributed by atoms with E-state index in [2.05, 4.69) is 25.6 Å². The molecule has 0 bridgehead atoms. The number of aromatic nitrogens is 4. The van der Waals surface area contributed by atoms with E-state index >= 15 is 0 Å². The number of pyridine rings is 1. The molecule has 26 heavy (non-hydrogen) atoms. The third-order valence-corrected chi connectivity index (χ3v) is 4.18. The molecule has 3 aromatic rings. The summed E-state index contributed by atoms with van der Waals surface area (Å²) in [5.74, 6) is 0.808. The topological polar surface area (TPSA) is 87.4 Å². The Morgan fingerprint density at radius 2 is 2.19 bits per heavy atom. The number of imidazole rings is 1. The lowest BCUT2D eigenvalue weighted by Crippen LogP contribution is -2.16. The number of rotatable bonds is 4. The number of anilines is 2. The van der Waals surface area contributed by atoms with Gasteiger partial charge in [-0.05, 0) is 25.5 Å². The zero-order valence-corrected chi connectivity index (χ0v) is 14.5. The van der Waals surface area contributed by atoms with Gasteiger partial charge in [0.1, 0.15) is 5.82 Å². The summed E-state index contributed by atoms with van der Waals surface area (Å²) in [6.45, 7) is 4.40. The molecule has 0 radical (unpaired) electrons. The van der Waals surface area contributed by atoms with Crippen LogP contribution in [0.25, 0.3) is 11.2 Å². The summed E-state index contributed by atoms with van der Waals surface area (Å²) >= 11 is 0. The highest BCUT2D eigenvalue weighted by molar-refractivity contribution is 5.87. The van der Waals surface area contributed by atoms with Crippen molar-refractivity contribution in [2.24, 2.45) is 0 Å². The normalized spacial score (nSPS) is 13.5. The molecule has 8 heteroatoms. The Morgan fingerprint density at radius 1 is 1.35 bits per heavy atom. The molecule has 0 amide bonds. The first-order valence-corrected chi connectivity index (χ1v) is 8.41. The molecule has 3 N–H and O–H groups in total. The second-order valence-corrected chi connectivity index (χ2v) is 6.43. The average Bonchev–Trinajstić information content (AvgIpc) is 3.04. The van der Waals surface area contributed by atoms with Gasteiger partial charge in [0.2, 0.25) is 5.95 Å². The zero-order chi connectivity index (χ0) is 18.3. The maximum Gasteiger partial charge on any atom is 0.224 e. The van der Waals surface area contributed by atoms with Gasteiger partial charge in [-0.3, -0.25) is 4.40 Å². The number of halogens is 1. The molecule has 1 aliphatic rings. The van der Waals surface area contributed by atoms with Crippen molar-refractivity contribution in [1.82, 2.24) is 19.4 Å². The van der Waals surface area contributed by atoms with Crippen molar-refractivity contribution in [3.63, 3.8) is 0 Å². The van der Waals surface area contributed by atoms with Gasteiger partial charge < -0.3 is 15.7 Å². The van der Waals surface area contributed by atoms with Crippen LogP contribution in [0.5, 0.6) is 0 Å². The number of nitrogens with zero attached hydrogens (tertiary/aromatic N) is 4. The van der Waals surface area contributed by atoms with Gasteiger partial charge in [-0.1, -0.05) is 6.08 Å². The van der Waals surface area contributed by atoms with E-state index in [4.69, 9.17) is 0 Å². The molecule has 0 unspecified atom stereocenters. The number of fused-ring (bicyclic) bond motifs is 2. The smallest absolute Gasteiger partial charge is 0.224 e. The van der Waals surface area contributed by atoms with Crippen molar-refractivity contribution in [2.75, 3.05) is 17.2 Å². The third kappa shape index (κ3) is 2.78. The summed E-state index contributed by atoms with van der Waals surface area (Å²) in [6, 6.07) is 1.67. The van der Waals surface area contributed by atoms with Crippen LogP contribution in [0.3, 0.4) is 0 Å². The van der Waals surface area contributed by atoms with Crippen LogP contribution in [-0.2, 0) is 6.61 Å². The molecular formula is C18H19FN6O. The van der Waals surface area contributed by atoms with Crippen LogP contribution in [-0.4, -0.2) is 37.0 Å². The number of nitrogens with one attached hydrogen (secondary N) is 2. The summed E-state index contributed by atoms with van der Waals surface area (Å²) in [7, 11) is 0.